The normalized spacial score (nSPS) is 25.0. The zero-order valence-electron chi connectivity index (χ0n) is 15.4. The third-order valence-corrected chi connectivity index (χ3v) is 5.31. The molecule has 0 aromatic carbocycles. The summed E-state index contributed by atoms with van der Waals surface area (Å²) in [6.07, 6.45) is 5.83. The Balaban J connectivity index is 1.37. The number of primary amides is 1. The van der Waals surface area contributed by atoms with Gasteiger partial charge in [-0.2, -0.15) is 0 Å². The van der Waals surface area contributed by atoms with Crippen molar-refractivity contribution in [2.75, 3.05) is 18.9 Å². The molecule has 2 unspecified atom stereocenters. The molecule has 1 aliphatic carbocycles. The quantitative estimate of drug-likeness (QED) is 0.506. The molecule has 2 fully saturated rings. The van der Waals surface area contributed by atoms with E-state index in [2.05, 4.69) is 20.6 Å². The Kier molecular flexibility index (Phi) is 4.46. The molecule has 2 atom stereocenters. The van der Waals surface area contributed by atoms with Gasteiger partial charge >= 0.3 is 0 Å². The van der Waals surface area contributed by atoms with Gasteiger partial charge in [0.1, 0.15) is 17.8 Å². The summed E-state index contributed by atoms with van der Waals surface area (Å²) < 4.78 is 10.9. The number of hydrogen-bond acceptors (Lipinski definition) is 8. The molecule has 2 aromatic rings. The first-order chi connectivity index (χ1) is 13.8. The van der Waals surface area contributed by atoms with E-state index in [4.69, 9.17) is 20.6 Å². The summed E-state index contributed by atoms with van der Waals surface area (Å²) in [5.74, 6) is -1.43. The van der Waals surface area contributed by atoms with Crippen molar-refractivity contribution in [2.45, 2.75) is 30.4 Å². The van der Waals surface area contributed by atoms with Crippen LogP contribution in [-0.2, 0) is 4.74 Å². The zero-order chi connectivity index (χ0) is 20.6. The van der Waals surface area contributed by atoms with Gasteiger partial charge in [0.05, 0.1) is 35.7 Å². The number of nitrogen functional groups attached to an aromatic ring is 1. The fourth-order valence-electron chi connectivity index (χ4n) is 3.87. The van der Waals surface area contributed by atoms with Gasteiger partial charge in [-0.05, 0) is 12.8 Å². The van der Waals surface area contributed by atoms with E-state index in [0.717, 1.165) is 0 Å². The molecular weight excluding hydrogens is 380 g/mol. The summed E-state index contributed by atoms with van der Waals surface area (Å²) in [6, 6.07) is 1.29. The van der Waals surface area contributed by atoms with Crippen LogP contribution in [0.1, 0.15) is 50.7 Å². The predicted molar refractivity (Wildman–Crippen MR) is 98.7 cm³/mol. The van der Waals surface area contributed by atoms with Crippen LogP contribution in [-0.4, -0.2) is 52.0 Å². The molecule has 1 saturated carbocycles. The van der Waals surface area contributed by atoms with Crippen molar-refractivity contribution in [3.8, 4) is 0 Å². The number of nitrogens with one attached hydrogen (secondary N) is 2. The molecule has 2 aromatic heterocycles. The lowest BCUT2D eigenvalue weighted by Gasteiger charge is -2.29. The second-order valence-corrected chi connectivity index (χ2v) is 7.46. The maximum absolute atomic E-state index is 12.5. The smallest absolute Gasteiger partial charge is 0.284 e. The van der Waals surface area contributed by atoms with Gasteiger partial charge in [0.25, 0.3) is 17.7 Å². The largest absolute Gasteiger partial charge is 0.458 e. The highest BCUT2D eigenvalue weighted by molar-refractivity contribution is 5.97. The number of furan rings is 1. The Morgan fingerprint density at radius 2 is 2.03 bits per heavy atom. The monoisotopic (exact) mass is 400 g/mol. The third-order valence-electron chi connectivity index (χ3n) is 5.31. The molecule has 29 heavy (non-hydrogen) atoms. The Labute approximate surface area is 165 Å². The van der Waals surface area contributed by atoms with Crippen molar-refractivity contribution in [2.24, 2.45) is 5.73 Å². The van der Waals surface area contributed by atoms with Gasteiger partial charge in [-0.1, -0.05) is 0 Å². The minimum Gasteiger partial charge on any atom is -0.458 e. The van der Waals surface area contributed by atoms with Crippen LogP contribution < -0.4 is 22.1 Å². The highest BCUT2D eigenvalue weighted by Gasteiger charge is 2.56. The molecule has 3 amide bonds. The average Bonchev–Trinajstić information content (AvgIpc) is 3.40. The van der Waals surface area contributed by atoms with Gasteiger partial charge in [0, 0.05) is 19.0 Å². The number of carbonyl (C=O) groups excluding carboxylic acids is 3. The van der Waals surface area contributed by atoms with Gasteiger partial charge < -0.3 is 31.3 Å². The molecule has 4 rings (SSSR count). The molecule has 2 aliphatic rings. The summed E-state index contributed by atoms with van der Waals surface area (Å²) in [7, 11) is 0. The molecule has 11 nitrogen and oxygen atoms in total. The number of rotatable bonds is 6. The van der Waals surface area contributed by atoms with Crippen LogP contribution in [0.15, 0.2) is 29.1 Å². The molecule has 1 aliphatic heterocycles. The summed E-state index contributed by atoms with van der Waals surface area (Å²) in [4.78, 5) is 43.8. The number of amides is 3. The molecule has 0 radical (unpaired) electrons. The first-order valence-corrected chi connectivity index (χ1v) is 9.00. The van der Waals surface area contributed by atoms with Gasteiger partial charge in [0.15, 0.2) is 5.76 Å². The van der Waals surface area contributed by atoms with Crippen molar-refractivity contribution in [1.82, 2.24) is 20.6 Å². The van der Waals surface area contributed by atoms with E-state index in [1.165, 1.54) is 24.7 Å². The van der Waals surface area contributed by atoms with Crippen LogP contribution in [0.25, 0.3) is 0 Å². The molecule has 3 heterocycles. The Morgan fingerprint density at radius 1 is 1.21 bits per heavy atom. The summed E-state index contributed by atoms with van der Waals surface area (Å²) in [6.45, 7) is 0.598. The molecular formula is C18H20N6O5. The van der Waals surface area contributed by atoms with Crippen LogP contribution >= 0.6 is 0 Å². The molecule has 152 valence electrons. The average molecular weight is 400 g/mol. The first kappa shape index (κ1) is 18.9. The fraction of sp³-hybridized carbons (Fsp3) is 0.389. The van der Waals surface area contributed by atoms with Crippen LogP contribution in [0.2, 0.25) is 0 Å². The van der Waals surface area contributed by atoms with Crippen LogP contribution in [0.3, 0.4) is 0 Å². The van der Waals surface area contributed by atoms with Crippen LogP contribution in [0.4, 0.5) is 5.82 Å². The summed E-state index contributed by atoms with van der Waals surface area (Å²) >= 11 is 0. The second kappa shape index (κ2) is 6.85. The van der Waals surface area contributed by atoms with Crippen molar-refractivity contribution in [1.29, 1.82) is 0 Å². The number of carbonyl (C=O) groups is 3. The Morgan fingerprint density at radius 3 is 2.69 bits per heavy atom. The predicted octanol–water partition coefficient (Wildman–Crippen LogP) is -0.398. The molecule has 0 spiro atoms. The highest BCUT2D eigenvalue weighted by Crippen LogP contribution is 2.47. The number of nitrogens with zero attached hydrogens (tertiary/aromatic N) is 2. The number of hydrogen-bond donors (Lipinski definition) is 4. The van der Waals surface area contributed by atoms with E-state index in [-0.39, 0.29) is 35.3 Å². The van der Waals surface area contributed by atoms with Gasteiger partial charge in [0.2, 0.25) is 0 Å². The summed E-state index contributed by atoms with van der Waals surface area (Å²) in [5, 5.41) is 5.78. The number of fused-ring (bicyclic) bond motifs is 2. The number of nitrogens with two attached hydrogens (primary N) is 2. The Bertz CT molecular complexity index is 979. The van der Waals surface area contributed by atoms with Crippen molar-refractivity contribution >= 4 is 23.5 Å². The van der Waals surface area contributed by atoms with E-state index >= 15 is 0 Å². The lowest BCUT2D eigenvalue weighted by Crippen LogP contribution is -2.48. The Hall–Kier alpha value is -3.47. The van der Waals surface area contributed by atoms with Gasteiger partial charge in [-0.15, -0.1) is 0 Å². The first-order valence-electron chi connectivity index (χ1n) is 9.00. The van der Waals surface area contributed by atoms with Gasteiger partial charge in [-0.3, -0.25) is 19.4 Å². The lowest BCUT2D eigenvalue weighted by molar-refractivity contribution is -0.0199. The molecule has 1 saturated heterocycles. The number of anilines is 1. The highest BCUT2D eigenvalue weighted by atomic mass is 16.5. The third kappa shape index (κ3) is 3.63. The van der Waals surface area contributed by atoms with Gasteiger partial charge in [-0.25, -0.2) is 4.98 Å². The minimum atomic E-state index is -0.747. The standard InChI is InChI=1S/C18H20N6O5/c19-13-5-21-4-11(23-13)16(27)24-17-1-2-18(7-17,29-9-17)8-22-15(26)10-3-12(14(20)25)28-6-10/h3-6H,1-2,7-9H2,(H2,19,23)(H2,20,25)(H,22,26)(H,24,27). The van der Waals surface area contributed by atoms with Crippen molar-refractivity contribution in [3.63, 3.8) is 0 Å². The van der Waals surface area contributed by atoms with Crippen molar-refractivity contribution in [3.05, 3.63) is 41.7 Å². The topological polar surface area (TPSA) is 175 Å². The SMILES string of the molecule is NC(=O)c1cc(C(=O)NCC23CCC(NC(=O)c4cncc(N)n4)(CO2)C3)co1. The van der Waals surface area contributed by atoms with Crippen LogP contribution in [0, 0.1) is 0 Å². The lowest BCUT2D eigenvalue weighted by atomic mass is 9.98. The van der Waals surface area contributed by atoms with Crippen molar-refractivity contribution < 1.29 is 23.5 Å². The fourth-order valence-corrected chi connectivity index (χ4v) is 3.87. The number of aromatic nitrogens is 2. The van der Waals surface area contributed by atoms with E-state index in [9.17, 15) is 14.4 Å². The van der Waals surface area contributed by atoms with E-state index in [0.29, 0.717) is 25.9 Å². The molecule has 11 heteroatoms. The molecule has 6 N–H and O–H groups in total. The number of ether oxygens (including phenoxy) is 1. The van der Waals surface area contributed by atoms with E-state index < -0.39 is 23.0 Å². The summed E-state index contributed by atoms with van der Waals surface area (Å²) in [5.41, 5.74) is 9.95. The van der Waals surface area contributed by atoms with E-state index in [1.54, 1.807) is 0 Å². The van der Waals surface area contributed by atoms with Crippen LogP contribution in [0.5, 0.6) is 0 Å². The van der Waals surface area contributed by atoms with E-state index in [1.807, 2.05) is 0 Å². The molecule has 2 bridgehead atoms. The maximum Gasteiger partial charge on any atom is 0.284 e. The second-order valence-electron chi connectivity index (χ2n) is 7.46. The zero-order valence-corrected chi connectivity index (χ0v) is 15.4. The maximum atomic E-state index is 12.5. The minimum absolute atomic E-state index is 0.0855.